The number of rotatable bonds is 0. The molecule has 2 heterocycles. The summed E-state index contributed by atoms with van der Waals surface area (Å²) in [7, 11) is 0. The lowest BCUT2D eigenvalue weighted by Gasteiger charge is -1.89. The number of halogens is 1. The standard InChI is InChI=1S/C5H4ClN5/c6-3-2-4(7)10-11-5(2)9-1-8-3/h1H,(H3,7,8,9,10,11). The fourth-order valence-corrected chi connectivity index (χ4v) is 1.07. The third kappa shape index (κ3) is 0.813. The molecule has 0 radical (unpaired) electrons. The largest absolute Gasteiger partial charge is 0.383 e. The molecule has 56 valence electrons. The Bertz CT molecular complexity index is 395. The van der Waals surface area contributed by atoms with E-state index in [4.69, 9.17) is 17.3 Å². The lowest BCUT2D eigenvalue weighted by molar-refractivity contribution is 1.09. The zero-order valence-corrected chi connectivity index (χ0v) is 6.13. The van der Waals surface area contributed by atoms with Crippen molar-refractivity contribution in [1.82, 2.24) is 20.2 Å². The quantitative estimate of drug-likeness (QED) is 0.566. The van der Waals surface area contributed by atoms with Crippen LogP contribution in [0.15, 0.2) is 6.33 Å². The van der Waals surface area contributed by atoms with E-state index in [0.717, 1.165) is 0 Å². The molecule has 0 saturated heterocycles. The van der Waals surface area contributed by atoms with Crippen molar-refractivity contribution in [2.45, 2.75) is 0 Å². The number of nitrogen functional groups attached to an aromatic ring is 1. The van der Waals surface area contributed by atoms with E-state index in [0.29, 0.717) is 22.0 Å². The molecule has 5 nitrogen and oxygen atoms in total. The highest BCUT2D eigenvalue weighted by Crippen LogP contribution is 2.21. The van der Waals surface area contributed by atoms with E-state index in [1.54, 1.807) is 0 Å². The van der Waals surface area contributed by atoms with Gasteiger partial charge in [0.15, 0.2) is 5.65 Å². The van der Waals surface area contributed by atoms with E-state index in [-0.39, 0.29) is 0 Å². The van der Waals surface area contributed by atoms with Gasteiger partial charge >= 0.3 is 0 Å². The molecule has 6 heteroatoms. The Balaban J connectivity index is 2.96. The highest BCUT2D eigenvalue weighted by molar-refractivity contribution is 6.34. The van der Waals surface area contributed by atoms with Crippen LogP contribution in [-0.4, -0.2) is 20.2 Å². The van der Waals surface area contributed by atoms with E-state index < -0.39 is 0 Å². The Morgan fingerprint density at radius 1 is 1.45 bits per heavy atom. The van der Waals surface area contributed by atoms with Gasteiger partial charge in [0.05, 0.1) is 5.39 Å². The van der Waals surface area contributed by atoms with Crippen LogP contribution < -0.4 is 5.73 Å². The summed E-state index contributed by atoms with van der Waals surface area (Å²) in [6, 6.07) is 0. The molecule has 0 aliphatic heterocycles. The van der Waals surface area contributed by atoms with Crippen molar-refractivity contribution in [2.24, 2.45) is 0 Å². The first-order valence-corrected chi connectivity index (χ1v) is 3.27. The molecular formula is C5H4ClN5. The van der Waals surface area contributed by atoms with Crippen LogP contribution in [0.25, 0.3) is 11.0 Å². The minimum Gasteiger partial charge on any atom is -0.383 e. The first-order valence-electron chi connectivity index (χ1n) is 2.89. The van der Waals surface area contributed by atoms with Crippen LogP contribution in [0, 0.1) is 0 Å². The molecule has 0 fully saturated rings. The predicted octanol–water partition coefficient (Wildman–Crippen LogP) is 0.588. The molecule has 0 spiro atoms. The molecule has 2 aromatic rings. The monoisotopic (exact) mass is 169 g/mol. The maximum Gasteiger partial charge on any atom is 0.187 e. The highest BCUT2D eigenvalue weighted by Gasteiger charge is 2.06. The smallest absolute Gasteiger partial charge is 0.187 e. The molecule has 0 atom stereocenters. The summed E-state index contributed by atoms with van der Waals surface area (Å²) in [6.07, 6.45) is 1.34. The molecule has 0 bridgehead atoms. The van der Waals surface area contributed by atoms with Gasteiger partial charge in [-0.2, -0.15) is 5.10 Å². The minimum absolute atomic E-state index is 0.321. The number of H-pyrrole nitrogens is 1. The molecule has 0 aliphatic rings. The Hall–Kier alpha value is -1.36. The van der Waals surface area contributed by atoms with Crippen molar-refractivity contribution in [3.05, 3.63) is 11.5 Å². The van der Waals surface area contributed by atoms with Crippen molar-refractivity contribution >= 4 is 28.5 Å². The van der Waals surface area contributed by atoms with Gasteiger partial charge in [-0.3, -0.25) is 5.10 Å². The van der Waals surface area contributed by atoms with E-state index in [9.17, 15) is 0 Å². The van der Waals surface area contributed by atoms with E-state index in [2.05, 4.69) is 20.2 Å². The molecular weight excluding hydrogens is 166 g/mol. The zero-order valence-electron chi connectivity index (χ0n) is 5.37. The summed E-state index contributed by atoms with van der Waals surface area (Å²) in [4.78, 5) is 7.60. The van der Waals surface area contributed by atoms with Crippen LogP contribution in [-0.2, 0) is 0 Å². The van der Waals surface area contributed by atoms with Crippen molar-refractivity contribution in [3.8, 4) is 0 Å². The predicted molar refractivity (Wildman–Crippen MR) is 41.1 cm³/mol. The maximum atomic E-state index is 5.71. The molecule has 0 unspecified atom stereocenters. The molecule has 0 aliphatic carbocycles. The Morgan fingerprint density at radius 3 is 3.00 bits per heavy atom. The third-order valence-electron chi connectivity index (χ3n) is 1.33. The minimum atomic E-state index is 0.321. The van der Waals surface area contributed by atoms with Crippen LogP contribution in [0.4, 0.5) is 5.82 Å². The van der Waals surface area contributed by atoms with Gasteiger partial charge in [-0.05, 0) is 0 Å². The summed E-state index contributed by atoms with van der Waals surface area (Å²) in [5.74, 6) is 0.394. The van der Waals surface area contributed by atoms with E-state index in [1.807, 2.05) is 0 Å². The summed E-state index contributed by atoms with van der Waals surface area (Å²) >= 11 is 5.71. The average molecular weight is 170 g/mol. The Labute approximate surface area is 66.6 Å². The molecule has 2 aromatic heterocycles. The molecule has 11 heavy (non-hydrogen) atoms. The topological polar surface area (TPSA) is 80.5 Å². The fraction of sp³-hybridized carbons (Fsp3) is 0. The summed E-state index contributed by atoms with van der Waals surface area (Å²) in [5, 5.41) is 7.25. The van der Waals surface area contributed by atoms with Gasteiger partial charge in [0.2, 0.25) is 0 Å². The number of hydrogen-bond acceptors (Lipinski definition) is 4. The lowest BCUT2D eigenvalue weighted by Crippen LogP contribution is -1.86. The molecule has 2 rings (SSSR count). The van der Waals surface area contributed by atoms with Gasteiger partial charge in [-0.25, -0.2) is 9.97 Å². The zero-order chi connectivity index (χ0) is 7.84. The van der Waals surface area contributed by atoms with Crippen molar-refractivity contribution < 1.29 is 0 Å². The van der Waals surface area contributed by atoms with Crippen LogP contribution in [0.5, 0.6) is 0 Å². The third-order valence-corrected chi connectivity index (χ3v) is 1.62. The van der Waals surface area contributed by atoms with Crippen molar-refractivity contribution in [1.29, 1.82) is 0 Å². The molecule has 0 saturated carbocycles. The highest BCUT2D eigenvalue weighted by atomic mass is 35.5. The SMILES string of the molecule is Nc1[nH]nc2ncnc(Cl)c12. The number of nitrogens with one attached hydrogen (secondary N) is 1. The van der Waals surface area contributed by atoms with Crippen molar-refractivity contribution in [2.75, 3.05) is 5.73 Å². The second-order valence-electron chi connectivity index (χ2n) is 2.00. The van der Waals surface area contributed by atoms with Gasteiger partial charge < -0.3 is 5.73 Å². The number of anilines is 1. The number of nitrogens with zero attached hydrogens (tertiary/aromatic N) is 3. The summed E-state index contributed by atoms with van der Waals surface area (Å²) in [5.41, 5.74) is 5.98. The molecule has 0 amide bonds. The Morgan fingerprint density at radius 2 is 2.27 bits per heavy atom. The average Bonchev–Trinajstić information content (AvgIpc) is 2.34. The molecule has 3 N–H and O–H groups in total. The second kappa shape index (κ2) is 2.06. The first kappa shape index (κ1) is 6.36. The number of aromatic amines is 1. The normalized spacial score (nSPS) is 10.6. The number of hydrogen-bond donors (Lipinski definition) is 2. The first-order chi connectivity index (χ1) is 5.29. The van der Waals surface area contributed by atoms with E-state index in [1.165, 1.54) is 6.33 Å². The molecule has 0 aromatic carbocycles. The van der Waals surface area contributed by atoms with Crippen LogP contribution in [0.3, 0.4) is 0 Å². The summed E-state index contributed by atoms with van der Waals surface area (Å²) in [6.45, 7) is 0. The number of aromatic nitrogens is 4. The van der Waals surface area contributed by atoms with Crippen LogP contribution in [0.2, 0.25) is 5.15 Å². The second-order valence-corrected chi connectivity index (χ2v) is 2.36. The van der Waals surface area contributed by atoms with Crippen LogP contribution >= 0.6 is 11.6 Å². The van der Waals surface area contributed by atoms with Gasteiger partial charge in [-0.15, -0.1) is 0 Å². The van der Waals surface area contributed by atoms with Gasteiger partial charge in [0.1, 0.15) is 17.3 Å². The number of fused-ring (bicyclic) bond motifs is 1. The van der Waals surface area contributed by atoms with Gasteiger partial charge in [-0.1, -0.05) is 11.6 Å². The maximum absolute atomic E-state index is 5.71. The van der Waals surface area contributed by atoms with Crippen LogP contribution in [0.1, 0.15) is 0 Å². The number of nitrogens with two attached hydrogens (primary N) is 1. The lowest BCUT2D eigenvalue weighted by atomic mass is 10.4. The fourth-order valence-electron chi connectivity index (χ4n) is 0.841. The summed E-state index contributed by atoms with van der Waals surface area (Å²) < 4.78 is 0. The van der Waals surface area contributed by atoms with Gasteiger partial charge in [0.25, 0.3) is 0 Å². The van der Waals surface area contributed by atoms with Gasteiger partial charge in [0, 0.05) is 0 Å². The van der Waals surface area contributed by atoms with Crippen molar-refractivity contribution in [3.63, 3.8) is 0 Å². The Kier molecular flexibility index (Phi) is 1.19. The van der Waals surface area contributed by atoms with E-state index >= 15 is 0 Å².